The molecule has 0 bridgehead atoms. The van der Waals surface area contributed by atoms with Crippen molar-refractivity contribution in [1.29, 1.82) is 0 Å². The van der Waals surface area contributed by atoms with Crippen LogP contribution in [-0.2, 0) is 25.3 Å². The second kappa shape index (κ2) is 21.1. The third-order valence-electron chi connectivity index (χ3n) is 9.97. The number of hydrogen-bond acceptors (Lipinski definition) is 5. The molecule has 0 aliphatic rings. The first-order valence-corrected chi connectivity index (χ1v) is 20.0. The third-order valence-corrected chi connectivity index (χ3v) is 11.5. The summed E-state index contributed by atoms with van der Waals surface area (Å²) in [5, 5.41) is 0. The van der Waals surface area contributed by atoms with E-state index in [0.29, 0.717) is 11.5 Å². The quantitative estimate of drug-likeness (QED) is 0.103. The van der Waals surface area contributed by atoms with E-state index in [1.54, 1.807) is 14.2 Å². The summed E-state index contributed by atoms with van der Waals surface area (Å²) >= 11 is 0. The van der Waals surface area contributed by atoms with Crippen LogP contribution in [0.3, 0.4) is 0 Å². The van der Waals surface area contributed by atoms with Gasteiger partial charge in [-0.25, -0.2) is 0 Å². The van der Waals surface area contributed by atoms with Crippen LogP contribution in [0.4, 0.5) is 0 Å². The van der Waals surface area contributed by atoms with Gasteiger partial charge >= 0.3 is 8.60 Å². The van der Waals surface area contributed by atoms with E-state index < -0.39 is 8.60 Å². The SMILES string of the molecule is C.C.COP(Oc1ccc(C(C)(C)c2ccccc2)cc1)Oc1ccc(C(C)(C)c2ccccc2)cc1.COPOc1ccc(C(C)(C)c2ccccc2)cc1. The first-order valence-electron chi connectivity index (χ1n) is 18.1. The Kier molecular flexibility index (Phi) is 17.3. The van der Waals surface area contributed by atoms with Crippen molar-refractivity contribution >= 4 is 17.6 Å². The van der Waals surface area contributed by atoms with Crippen LogP contribution in [-0.4, -0.2) is 14.2 Å². The molecule has 56 heavy (non-hydrogen) atoms. The van der Waals surface area contributed by atoms with E-state index in [4.69, 9.17) is 22.6 Å². The fraction of sp³-hybridized carbons (Fsp3) is 0.265. The van der Waals surface area contributed by atoms with Gasteiger partial charge in [0.05, 0.1) is 0 Å². The maximum absolute atomic E-state index is 6.03. The monoisotopic (exact) mass is 790 g/mol. The first kappa shape index (κ1) is 45.9. The van der Waals surface area contributed by atoms with Gasteiger partial charge in [0.25, 0.3) is 0 Å². The maximum atomic E-state index is 6.03. The largest absolute Gasteiger partial charge is 0.462 e. The molecule has 5 nitrogen and oxygen atoms in total. The van der Waals surface area contributed by atoms with E-state index in [-0.39, 0.29) is 40.1 Å². The predicted molar refractivity (Wildman–Crippen MR) is 240 cm³/mol. The predicted octanol–water partition coefficient (Wildman–Crippen LogP) is 14.5. The Hall–Kier alpha value is -4.50. The molecule has 7 heteroatoms. The Balaban J connectivity index is 0.000000341. The number of rotatable bonds is 14. The molecule has 0 radical (unpaired) electrons. The van der Waals surface area contributed by atoms with E-state index in [2.05, 4.69) is 151 Å². The average Bonchev–Trinajstić information content (AvgIpc) is 3.21. The van der Waals surface area contributed by atoms with Gasteiger partial charge in [-0.05, 0) is 69.8 Å². The summed E-state index contributed by atoms with van der Waals surface area (Å²) in [6, 6.07) is 56.1. The zero-order chi connectivity index (χ0) is 38.6. The molecule has 0 N–H and O–H groups in total. The molecule has 0 spiro atoms. The smallest absolute Gasteiger partial charge is 0.450 e. The standard InChI is InChI=1S/C31H33O3P.C16H19O2P.2CH4/c1-30(2,24-12-8-6-9-13-24)26-16-20-28(21-17-26)33-35(32-5)34-29-22-18-27(19-23-29)31(3,4)25-14-10-7-11-15-25;1-16(2,13-7-5-4-6-8-13)14-9-11-15(12-10-14)18-19-17-3;;/h6-23H,1-5H3;4-12,19H,1-3H3;2*1H4. The zero-order valence-corrected chi connectivity index (χ0v) is 34.5. The molecule has 6 aromatic carbocycles. The van der Waals surface area contributed by atoms with Gasteiger partial charge in [0.1, 0.15) is 17.2 Å². The fourth-order valence-corrected chi connectivity index (χ4v) is 7.31. The van der Waals surface area contributed by atoms with E-state index >= 15 is 0 Å². The van der Waals surface area contributed by atoms with E-state index in [1.807, 2.05) is 54.6 Å². The van der Waals surface area contributed by atoms with Gasteiger partial charge in [0, 0.05) is 30.5 Å². The van der Waals surface area contributed by atoms with Crippen LogP contribution in [0.25, 0.3) is 0 Å². The van der Waals surface area contributed by atoms with Crippen molar-refractivity contribution in [2.24, 2.45) is 0 Å². The van der Waals surface area contributed by atoms with Gasteiger partial charge in [0.15, 0.2) is 0 Å². The van der Waals surface area contributed by atoms with Crippen molar-refractivity contribution in [3.63, 3.8) is 0 Å². The summed E-state index contributed by atoms with van der Waals surface area (Å²) in [5.41, 5.74) is 7.35. The summed E-state index contributed by atoms with van der Waals surface area (Å²) in [5.74, 6) is 2.27. The molecule has 0 aliphatic carbocycles. The van der Waals surface area contributed by atoms with Gasteiger partial charge < -0.3 is 18.1 Å². The lowest BCUT2D eigenvalue weighted by Gasteiger charge is -2.26. The molecule has 6 aromatic rings. The Morgan fingerprint density at radius 1 is 0.375 bits per heavy atom. The minimum absolute atomic E-state index is 0. The van der Waals surface area contributed by atoms with Gasteiger partial charge in [-0.1, -0.05) is 184 Å². The van der Waals surface area contributed by atoms with Gasteiger partial charge in [-0.15, -0.1) is 0 Å². The molecule has 1 atom stereocenters. The van der Waals surface area contributed by atoms with Crippen molar-refractivity contribution in [1.82, 2.24) is 0 Å². The molecular formula is C49H60O5P2. The molecule has 0 amide bonds. The van der Waals surface area contributed by atoms with Gasteiger partial charge in [-0.3, -0.25) is 4.52 Å². The molecule has 6 rings (SSSR count). The minimum Gasteiger partial charge on any atom is -0.450 e. The van der Waals surface area contributed by atoms with Crippen molar-refractivity contribution in [2.75, 3.05) is 14.2 Å². The van der Waals surface area contributed by atoms with E-state index in [1.165, 1.54) is 33.4 Å². The minimum atomic E-state index is -1.57. The van der Waals surface area contributed by atoms with E-state index in [0.717, 1.165) is 5.75 Å². The van der Waals surface area contributed by atoms with Crippen molar-refractivity contribution in [3.05, 3.63) is 197 Å². The Labute approximate surface area is 340 Å². The van der Waals surface area contributed by atoms with Crippen LogP contribution < -0.4 is 13.6 Å². The van der Waals surface area contributed by atoms with Crippen LogP contribution in [0.1, 0.15) is 89.8 Å². The van der Waals surface area contributed by atoms with Gasteiger partial charge in [-0.2, -0.15) is 0 Å². The highest BCUT2D eigenvalue weighted by Crippen LogP contribution is 2.42. The summed E-state index contributed by atoms with van der Waals surface area (Å²) in [6.07, 6.45) is 0. The maximum Gasteiger partial charge on any atom is 0.462 e. The molecule has 1 unspecified atom stereocenters. The highest BCUT2D eigenvalue weighted by molar-refractivity contribution is 7.42. The fourth-order valence-electron chi connectivity index (χ4n) is 6.22. The Morgan fingerprint density at radius 2 is 0.643 bits per heavy atom. The number of hydrogen-bond donors (Lipinski definition) is 0. The van der Waals surface area contributed by atoms with Crippen LogP contribution in [0, 0.1) is 0 Å². The topological polar surface area (TPSA) is 46.2 Å². The lowest BCUT2D eigenvalue weighted by molar-refractivity contribution is 0.323. The van der Waals surface area contributed by atoms with Crippen molar-refractivity contribution in [3.8, 4) is 17.2 Å². The van der Waals surface area contributed by atoms with Crippen molar-refractivity contribution < 1.29 is 22.6 Å². The van der Waals surface area contributed by atoms with E-state index in [9.17, 15) is 0 Å². The molecule has 0 saturated carbocycles. The Bertz CT molecular complexity index is 1880. The lowest BCUT2D eigenvalue weighted by atomic mass is 9.78. The Morgan fingerprint density at radius 3 is 0.911 bits per heavy atom. The van der Waals surface area contributed by atoms with Crippen LogP contribution >= 0.6 is 17.6 Å². The molecule has 0 fully saturated rings. The van der Waals surface area contributed by atoms with Crippen molar-refractivity contribution in [2.45, 2.75) is 72.6 Å². The average molecular weight is 791 g/mol. The zero-order valence-electron chi connectivity index (χ0n) is 32.6. The first-order chi connectivity index (χ1) is 25.9. The molecule has 0 aromatic heterocycles. The lowest BCUT2D eigenvalue weighted by Crippen LogP contribution is -2.18. The second-order valence-electron chi connectivity index (χ2n) is 14.5. The molecular weight excluding hydrogens is 730 g/mol. The third kappa shape index (κ3) is 11.8. The highest BCUT2D eigenvalue weighted by Gasteiger charge is 2.25. The van der Waals surface area contributed by atoms with Crippen LogP contribution in [0.15, 0.2) is 164 Å². The molecule has 0 saturated heterocycles. The molecule has 0 aliphatic heterocycles. The van der Waals surface area contributed by atoms with Crippen LogP contribution in [0.2, 0.25) is 0 Å². The second-order valence-corrected chi connectivity index (χ2v) is 16.5. The summed E-state index contributed by atoms with van der Waals surface area (Å²) < 4.78 is 27.9. The highest BCUT2D eigenvalue weighted by atomic mass is 31.2. The normalized spacial score (nSPS) is 11.5. The number of benzene rings is 6. The molecule has 296 valence electrons. The van der Waals surface area contributed by atoms with Gasteiger partial charge in [0.2, 0.25) is 9.03 Å². The summed E-state index contributed by atoms with van der Waals surface area (Å²) in [4.78, 5) is 0. The summed E-state index contributed by atoms with van der Waals surface area (Å²) in [6.45, 7) is 13.4. The molecule has 0 heterocycles. The summed E-state index contributed by atoms with van der Waals surface area (Å²) in [7, 11) is 1.71. The van der Waals surface area contributed by atoms with Crippen LogP contribution in [0.5, 0.6) is 17.2 Å².